The van der Waals surface area contributed by atoms with Crippen molar-refractivity contribution in [2.45, 2.75) is 26.4 Å². The maximum atomic E-state index is 12.9. The van der Waals surface area contributed by atoms with E-state index in [4.69, 9.17) is 4.74 Å². The van der Waals surface area contributed by atoms with Crippen LogP contribution in [0.2, 0.25) is 0 Å². The van der Waals surface area contributed by atoms with Crippen molar-refractivity contribution in [1.82, 2.24) is 4.90 Å². The van der Waals surface area contributed by atoms with Crippen molar-refractivity contribution in [3.63, 3.8) is 0 Å². The highest BCUT2D eigenvalue weighted by molar-refractivity contribution is 6.01. The van der Waals surface area contributed by atoms with E-state index in [2.05, 4.69) is 0 Å². The van der Waals surface area contributed by atoms with Crippen molar-refractivity contribution >= 4 is 17.6 Å². The van der Waals surface area contributed by atoms with E-state index in [9.17, 15) is 19.7 Å². The molecule has 0 unspecified atom stereocenters. The summed E-state index contributed by atoms with van der Waals surface area (Å²) in [5, 5.41) is 10.8. The third-order valence-corrected chi connectivity index (χ3v) is 4.76. The van der Waals surface area contributed by atoms with Gasteiger partial charge in [0.15, 0.2) is 0 Å². The average Bonchev–Trinajstić information content (AvgIpc) is 2.97. The highest BCUT2D eigenvalue weighted by atomic mass is 16.6. The quantitative estimate of drug-likeness (QED) is 0.458. The molecule has 0 aliphatic carbocycles. The summed E-state index contributed by atoms with van der Waals surface area (Å²) in [6.07, 6.45) is 0. The minimum absolute atomic E-state index is 0.0139. The van der Waals surface area contributed by atoms with Gasteiger partial charge >= 0.3 is 5.97 Å². The summed E-state index contributed by atoms with van der Waals surface area (Å²) in [6.45, 7) is 4.10. The van der Waals surface area contributed by atoms with Crippen LogP contribution in [0.4, 0.5) is 5.69 Å². The topological polar surface area (TPSA) is 89.8 Å². The number of non-ortho nitro benzene ring substituents is 1. The van der Waals surface area contributed by atoms with E-state index in [1.165, 1.54) is 19.2 Å². The molecule has 3 rings (SSSR count). The first kappa shape index (κ1) is 18.6. The number of carbonyl (C=O) groups is 2. The lowest BCUT2D eigenvalue weighted by atomic mass is 10.0. The zero-order valence-corrected chi connectivity index (χ0v) is 15.3. The summed E-state index contributed by atoms with van der Waals surface area (Å²) in [4.78, 5) is 36.9. The number of nitro groups is 1. The van der Waals surface area contributed by atoms with E-state index in [1.54, 1.807) is 23.1 Å². The van der Waals surface area contributed by atoms with Gasteiger partial charge in [-0.2, -0.15) is 0 Å². The Morgan fingerprint density at radius 3 is 2.33 bits per heavy atom. The predicted octanol–water partition coefficient (Wildman–Crippen LogP) is 3.42. The summed E-state index contributed by atoms with van der Waals surface area (Å²) < 4.78 is 4.87. The van der Waals surface area contributed by atoms with Gasteiger partial charge in [-0.1, -0.05) is 26.0 Å². The summed E-state index contributed by atoms with van der Waals surface area (Å²) in [6, 6.07) is 11.0. The number of nitro benzene ring substituents is 1. The Bertz CT molecular complexity index is 905. The summed E-state index contributed by atoms with van der Waals surface area (Å²) in [5.41, 5.74) is 2.97. The average molecular weight is 368 g/mol. The molecular weight excluding hydrogens is 348 g/mol. The highest BCUT2D eigenvalue weighted by Gasteiger charge is 2.38. The van der Waals surface area contributed by atoms with Crippen LogP contribution in [0, 0.1) is 16.0 Å². The maximum Gasteiger partial charge on any atom is 0.328 e. The Hall–Kier alpha value is -3.22. The van der Waals surface area contributed by atoms with Crippen molar-refractivity contribution in [2.24, 2.45) is 5.92 Å². The molecule has 1 atom stereocenters. The lowest BCUT2D eigenvalue weighted by molar-refractivity contribution is -0.384. The van der Waals surface area contributed by atoms with Crippen LogP contribution >= 0.6 is 0 Å². The van der Waals surface area contributed by atoms with E-state index >= 15 is 0 Å². The van der Waals surface area contributed by atoms with Gasteiger partial charge in [0.1, 0.15) is 6.04 Å². The molecular formula is C20H20N2O5. The lowest BCUT2D eigenvalue weighted by Crippen LogP contribution is -2.45. The molecule has 0 N–H and O–H groups in total. The van der Waals surface area contributed by atoms with Crippen LogP contribution in [0.3, 0.4) is 0 Å². The number of hydrogen-bond donors (Lipinski definition) is 0. The highest BCUT2D eigenvalue weighted by Crippen LogP contribution is 2.32. The minimum Gasteiger partial charge on any atom is -0.467 e. The molecule has 0 radical (unpaired) electrons. The fourth-order valence-corrected chi connectivity index (χ4v) is 3.38. The third kappa shape index (κ3) is 3.40. The van der Waals surface area contributed by atoms with Gasteiger partial charge in [0.25, 0.3) is 11.6 Å². The number of amides is 1. The largest absolute Gasteiger partial charge is 0.467 e. The first-order valence-corrected chi connectivity index (χ1v) is 8.60. The van der Waals surface area contributed by atoms with Crippen LogP contribution in [-0.2, 0) is 16.1 Å². The van der Waals surface area contributed by atoms with Crippen molar-refractivity contribution in [3.8, 4) is 11.1 Å². The van der Waals surface area contributed by atoms with E-state index in [0.29, 0.717) is 12.1 Å². The van der Waals surface area contributed by atoms with Crippen LogP contribution in [0.15, 0.2) is 42.5 Å². The van der Waals surface area contributed by atoms with Crippen molar-refractivity contribution in [1.29, 1.82) is 0 Å². The van der Waals surface area contributed by atoms with E-state index in [-0.39, 0.29) is 17.5 Å². The van der Waals surface area contributed by atoms with Gasteiger partial charge in [0.2, 0.25) is 0 Å². The number of fused-ring (bicyclic) bond motifs is 1. The Morgan fingerprint density at radius 2 is 1.78 bits per heavy atom. The molecule has 1 heterocycles. The number of rotatable bonds is 5. The molecule has 7 heteroatoms. The second-order valence-corrected chi connectivity index (χ2v) is 6.82. The van der Waals surface area contributed by atoms with Crippen molar-refractivity contribution in [2.75, 3.05) is 7.11 Å². The molecule has 2 aromatic carbocycles. The first-order chi connectivity index (χ1) is 12.8. The van der Waals surface area contributed by atoms with Gasteiger partial charge in [-0.25, -0.2) is 4.79 Å². The number of methoxy groups -OCH3 is 1. The number of esters is 1. The fourth-order valence-electron chi connectivity index (χ4n) is 3.38. The van der Waals surface area contributed by atoms with Gasteiger partial charge in [0.05, 0.1) is 12.0 Å². The predicted molar refractivity (Wildman–Crippen MR) is 99.0 cm³/mol. The molecule has 0 fully saturated rings. The fraction of sp³-hybridized carbons (Fsp3) is 0.300. The number of nitrogens with zero attached hydrogens (tertiary/aromatic N) is 2. The number of benzene rings is 2. The SMILES string of the molecule is COC(=O)[C@@H](C(C)C)N1Cc2ccc(-c3ccc([N+](=O)[O-])cc3)cc2C1=O. The molecule has 27 heavy (non-hydrogen) atoms. The Kier molecular flexibility index (Phi) is 4.94. The van der Waals surface area contributed by atoms with E-state index in [1.807, 2.05) is 26.0 Å². The van der Waals surface area contributed by atoms with Gasteiger partial charge < -0.3 is 9.64 Å². The summed E-state index contributed by atoms with van der Waals surface area (Å²) in [7, 11) is 1.32. The van der Waals surface area contributed by atoms with Crippen LogP contribution in [0.5, 0.6) is 0 Å². The van der Waals surface area contributed by atoms with Crippen molar-refractivity contribution < 1.29 is 19.2 Å². The third-order valence-electron chi connectivity index (χ3n) is 4.76. The van der Waals surface area contributed by atoms with Gasteiger partial charge in [0, 0.05) is 24.2 Å². The molecule has 1 aliphatic rings. The normalized spacial score (nSPS) is 14.2. The molecule has 1 amide bonds. The van der Waals surface area contributed by atoms with Crippen LogP contribution < -0.4 is 0 Å². The number of carbonyl (C=O) groups excluding carboxylic acids is 2. The second-order valence-electron chi connectivity index (χ2n) is 6.82. The molecule has 0 saturated carbocycles. The smallest absolute Gasteiger partial charge is 0.328 e. The van der Waals surface area contributed by atoms with Crippen LogP contribution in [0.25, 0.3) is 11.1 Å². The monoisotopic (exact) mass is 368 g/mol. The minimum atomic E-state index is -0.641. The molecule has 0 saturated heterocycles. The Labute approximate surface area is 156 Å². The van der Waals surface area contributed by atoms with Gasteiger partial charge in [-0.05, 0) is 40.8 Å². The molecule has 0 bridgehead atoms. The van der Waals surface area contributed by atoms with E-state index < -0.39 is 16.9 Å². The first-order valence-electron chi connectivity index (χ1n) is 8.60. The van der Waals surface area contributed by atoms with Gasteiger partial charge in [-0.15, -0.1) is 0 Å². The van der Waals surface area contributed by atoms with Crippen LogP contribution in [-0.4, -0.2) is 34.9 Å². The molecule has 2 aromatic rings. The van der Waals surface area contributed by atoms with Crippen LogP contribution in [0.1, 0.15) is 29.8 Å². The Morgan fingerprint density at radius 1 is 1.15 bits per heavy atom. The zero-order chi connectivity index (χ0) is 19.7. The summed E-state index contributed by atoms with van der Waals surface area (Å²) in [5.74, 6) is -0.718. The zero-order valence-electron chi connectivity index (χ0n) is 15.3. The second kappa shape index (κ2) is 7.19. The molecule has 7 nitrogen and oxygen atoms in total. The van der Waals surface area contributed by atoms with Gasteiger partial charge in [-0.3, -0.25) is 14.9 Å². The number of hydrogen-bond acceptors (Lipinski definition) is 5. The van der Waals surface area contributed by atoms with Crippen molar-refractivity contribution in [3.05, 3.63) is 63.7 Å². The van der Waals surface area contributed by atoms with E-state index in [0.717, 1.165) is 16.7 Å². The maximum absolute atomic E-state index is 12.9. The standard InChI is InChI=1S/C20H20N2O5/c1-12(2)18(20(24)27-3)21-11-15-5-4-14(10-17(15)19(21)23)13-6-8-16(9-7-13)22(25)26/h4-10,12,18H,11H2,1-3H3/t18-/m1/s1. The Balaban J connectivity index is 1.92. The number of ether oxygens (including phenoxy) is 1. The molecule has 0 aromatic heterocycles. The molecule has 1 aliphatic heterocycles. The molecule has 0 spiro atoms. The lowest BCUT2D eigenvalue weighted by Gasteiger charge is -2.28. The summed E-state index contributed by atoms with van der Waals surface area (Å²) >= 11 is 0. The molecule has 140 valence electrons.